The molecule has 0 aliphatic heterocycles. The van der Waals surface area contributed by atoms with Crippen molar-refractivity contribution >= 4 is 5.69 Å². The Balaban J connectivity index is 0.000000200. The molecule has 0 amide bonds. The quantitative estimate of drug-likeness (QED) is 0.788. The van der Waals surface area contributed by atoms with Crippen LogP contribution in [-0.2, 0) is 0 Å². The zero-order valence-corrected chi connectivity index (χ0v) is 11.7. The third kappa shape index (κ3) is 4.08. The van der Waals surface area contributed by atoms with E-state index in [-0.39, 0.29) is 0 Å². The van der Waals surface area contributed by atoms with E-state index < -0.39 is 0 Å². The zero-order valence-electron chi connectivity index (χ0n) is 11.7. The van der Waals surface area contributed by atoms with Gasteiger partial charge in [0, 0.05) is 6.20 Å². The Labute approximate surface area is 118 Å². The highest BCUT2D eigenvalue weighted by Gasteiger charge is 1.95. The van der Waals surface area contributed by atoms with Gasteiger partial charge in [0.2, 0.25) is 0 Å². The van der Waals surface area contributed by atoms with Crippen LogP contribution in [0.4, 0.5) is 5.69 Å². The SMILES string of the molecule is Cc1cc(C#N)ncc1N.Cc1cnc(C#N)cc1C. The number of nitriles is 2. The van der Waals surface area contributed by atoms with Crippen molar-refractivity contribution in [3.05, 3.63) is 52.6 Å². The predicted molar refractivity (Wildman–Crippen MR) is 76.5 cm³/mol. The van der Waals surface area contributed by atoms with Gasteiger partial charge in [-0.05, 0) is 49.6 Å². The van der Waals surface area contributed by atoms with Gasteiger partial charge in [-0.2, -0.15) is 10.5 Å². The van der Waals surface area contributed by atoms with E-state index in [1.54, 1.807) is 18.3 Å². The third-order valence-corrected chi connectivity index (χ3v) is 2.75. The van der Waals surface area contributed by atoms with Crippen molar-refractivity contribution in [1.82, 2.24) is 9.97 Å². The molecule has 5 nitrogen and oxygen atoms in total. The van der Waals surface area contributed by atoms with Crippen molar-refractivity contribution < 1.29 is 0 Å². The molecule has 100 valence electrons. The molecule has 2 aromatic rings. The van der Waals surface area contributed by atoms with E-state index in [1.165, 1.54) is 6.20 Å². The molecule has 2 rings (SSSR count). The Bertz CT molecular complexity index is 631. The van der Waals surface area contributed by atoms with E-state index >= 15 is 0 Å². The van der Waals surface area contributed by atoms with E-state index in [9.17, 15) is 0 Å². The Morgan fingerprint density at radius 1 is 0.850 bits per heavy atom. The lowest BCUT2D eigenvalue weighted by Crippen LogP contribution is -1.92. The van der Waals surface area contributed by atoms with Crippen LogP contribution in [-0.4, -0.2) is 9.97 Å². The fourth-order valence-electron chi connectivity index (χ4n) is 1.31. The topological polar surface area (TPSA) is 99.4 Å². The molecule has 2 N–H and O–H groups in total. The number of rotatable bonds is 0. The molecular formula is C15H15N5. The molecule has 0 spiro atoms. The monoisotopic (exact) mass is 265 g/mol. The van der Waals surface area contributed by atoms with Crippen molar-refractivity contribution in [3.8, 4) is 12.1 Å². The predicted octanol–water partition coefficient (Wildman–Crippen LogP) is 2.41. The van der Waals surface area contributed by atoms with Crippen molar-refractivity contribution in [2.24, 2.45) is 0 Å². The van der Waals surface area contributed by atoms with Crippen LogP contribution in [0.2, 0.25) is 0 Å². The second-order valence-electron chi connectivity index (χ2n) is 4.30. The summed E-state index contributed by atoms with van der Waals surface area (Å²) in [7, 11) is 0. The number of hydrogen-bond acceptors (Lipinski definition) is 5. The number of nitrogens with two attached hydrogens (primary N) is 1. The zero-order chi connectivity index (χ0) is 15.1. The number of aryl methyl sites for hydroxylation is 3. The van der Waals surface area contributed by atoms with Gasteiger partial charge in [0.05, 0.1) is 11.9 Å². The summed E-state index contributed by atoms with van der Waals surface area (Å²) in [6.45, 7) is 5.79. The Morgan fingerprint density at radius 3 is 1.80 bits per heavy atom. The number of anilines is 1. The molecule has 0 aromatic carbocycles. The number of nitrogen functional groups attached to an aromatic ring is 1. The highest BCUT2D eigenvalue weighted by Crippen LogP contribution is 2.08. The maximum Gasteiger partial charge on any atom is 0.140 e. The minimum Gasteiger partial charge on any atom is -0.397 e. The van der Waals surface area contributed by atoms with Crippen LogP contribution < -0.4 is 5.73 Å². The molecule has 0 bridgehead atoms. The normalized spacial score (nSPS) is 8.85. The van der Waals surface area contributed by atoms with Gasteiger partial charge < -0.3 is 5.73 Å². The largest absolute Gasteiger partial charge is 0.397 e. The van der Waals surface area contributed by atoms with Crippen molar-refractivity contribution in [3.63, 3.8) is 0 Å². The summed E-state index contributed by atoms with van der Waals surface area (Å²) in [5.74, 6) is 0. The molecule has 5 heteroatoms. The van der Waals surface area contributed by atoms with Crippen molar-refractivity contribution in [2.45, 2.75) is 20.8 Å². The first-order valence-electron chi connectivity index (χ1n) is 5.93. The van der Waals surface area contributed by atoms with Crippen molar-refractivity contribution in [1.29, 1.82) is 10.5 Å². The highest BCUT2D eigenvalue weighted by atomic mass is 14.7. The second kappa shape index (κ2) is 6.86. The summed E-state index contributed by atoms with van der Waals surface area (Å²) >= 11 is 0. The lowest BCUT2D eigenvalue weighted by molar-refractivity contribution is 1.18. The van der Waals surface area contributed by atoms with E-state index in [0.29, 0.717) is 17.1 Å². The van der Waals surface area contributed by atoms with Gasteiger partial charge in [-0.1, -0.05) is 0 Å². The summed E-state index contributed by atoms with van der Waals surface area (Å²) in [5, 5.41) is 16.8. The van der Waals surface area contributed by atoms with Gasteiger partial charge >= 0.3 is 0 Å². The lowest BCUT2D eigenvalue weighted by Gasteiger charge is -1.96. The first-order chi connectivity index (χ1) is 9.47. The van der Waals surface area contributed by atoms with Gasteiger partial charge in [-0.3, -0.25) is 0 Å². The fraction of sp³-hybridized carbons (Fsp3) is 0.200. The van der Waals surface area contributed by atoms with Crippen LogP contribution in [0.15, 0.2) is 24.5 Å². The highest BCUT2D eigenvalue weighted by molar-refractivity contribution is 5.45. The maximum atomic E-state index is 8.44. The first kappa shape index (κ1) is 15.1. The van der Waals surface area contributed by atoms with E-state index in [4.69, 9.17) is 16.3 Å². The number of hydrogen-bond donors (Lipinski definition) is 1. The van der Waals surface area contributed by atoms with Crippen LogP contribution >= 0.6 is 0 Å². The maximum absolute atomic E-state index is 8.44. The van der Waals surface area contributed by atoms with Crippen molar-refractivity contribution in [2.75, 3.05) is 5.73 Å². The second-order valence-corrected chi connectivity index (χ2v) is 4.30. The Morgan fingerprint density at radius 2 is 1.35 bits per heavy atom. The van der Waals surface area contributed by atoms with Crippen LogP contribution in [0, 0.1) is 43.4 Å². The molecule has 0 unspecified atom stereocenters. The molecule has 0 aliphatic carbocycles. The Hall–Kier alpha value is -2.92. The van der Waals surface area contributed by atoms with Gasteiger partial charge in [0.25, 0.3) is 0 Å². The third-order valence-electron chi connectivity index (χ3n) is 2.75. The minimum absolute atomic E-state index is 0.409. The number of aromatic nitrogens is 2. The van der Waals surface area contributed by atoms with Crippen LogP contribution in [0.5, 0.6) is 0 Å². The van der Waals surface area contributed by atoms with Gasteiger partial charge in [0.15, 0.2) is 0 Å². The van der Waals surface area contributed by atoms with Gasteiger partial charge in [-0.15, -0.1) is 0 Å². The molecule has 0 fully saturated rings. The average Bonchev–Trinajstić information content (AvgIpc) is 2.45. The molecule has 20 heavy (non-hydrogen) atoms. The molecule has 0 saturated carbocycles. The molecular weight excluding hydrogens is 250 g/mol. The lowest BCUT2D eigenvalue weighted by atomic mass is 10.2. The molecule has 0 aliphatic rings. The molecule has 2 heterocycles. The van der Waals surface area contributed by atoms with Gasteiger partial charge in [0.1, 0.15) is 23.5 Å². The van der Waals surface area contributed by atoms with Crippen LogP contribution in [0.3, 0.4) is 0 Å². The van der Waals surface area contributed by atoms with Crippen LogP contribution in [0.1, 0.15) is 28.1 Å². The first-order valence-corrected chi connectivity index (χ1v) is 5.93. The van der Waals surface area contributed by atoms with E-state index in [0.717, 1.165) is 16.7 Å². The number of nitrogens with zero attached hydrogens (tertiary/aromatic N) is 4. The molecule has 0 saturated heterocycles. The summed E-state index contributed by atoms with van der Waals surface area (Å²) in [6, 6.07) is 7.36. The van der Waals surface area contributed by atoms with Crippen LogP contribution in [0.25, 0.3) is 0 Å². The Kier molecular flexibility index (Phi) is 5.20. The molecule has 0 atom stereocenters. The molecule has 0 radical (unpaired) electrons. The summed E-state index contributed by atoms with van der Waals surface area (Å²) < 4.78 is 0. The van der Waals surface area contributed by atoms with E-state index in [2.05, 4.69) is 9.97 Å². The number of pyridine rings is 2. The summed E-state index contributed by atoms with van der Waals surface area (Å²) in [5.41, 5.74) is 10.1. The fourth-order valence-corrected chi connectivity index (χ4v) is 1.31. The molecule has 2 aromatic heterocycles. The van der Waals surface area contributed by atoms with E-state index in [1.807, 2.05) is 32.9 Å². The smallest absolute Gasteiger partial charge is 0.140 e. The minimum atomic E-state index is 0.409. The average molecular weight is 265 g/mol. The van der Waals surface area contributed by atoms with Gasteiger partial charge in [-0.25, -0.2) is 9.97 Å². The summed E-state index contributed by atoms with van der Waals surface area (Å²) in [4.78, 5) is 7.67. The standard InChI is InChI=1S/C8H8N2.C7H7N3/c1-6-3-8(4-9)10-5-7(6)2;1-5-2-6(3-8)10-4-7(5)9/h3,5H,1-2H3;2,4H,9H2,1H3. The summed E-state index contributed by atoms with van der Waals surface area (Å²) in [6.07, 6.45) is 3.21.